The zero-order chi connectivity index (χ0) is 50.1. The van der Waals surface area contributed by atoms with Gasteiger partial charge in [-0.25, -0.2) is 0 Å². The molecule has 0 atom stereocenters. The van der Waals surface area contributed by atoms with Crippen molar-refractivity contribution in [1.29, 1.82) is 0 Å². The molecule has 11 aromatic rings. The van der Waals surface area contributed by atoms with Crippen LogP contribution in [0.5, 0.6) is 23.0 Å². The molecule has 0 saturated heterocycles. The van der Waals surface area contributed by atoms with Gasteiger partial charge < -0.3 is 18.8 Å². The van der Waals surface area contributed by atoms with Crippen LogP contribution in [0.2, 0.25) is 0 Å². The molecule has 1 spiro atoms. The molecule has 3 heterocycles. The Labute approximate surface area is 433 Å². The molecule has 0 amide bonds. The van der Waals surface area contributed by atoms with Gasteiger partial charge >= 0.3 is 0 Å². The number of nitrogens with zero attached hydrogens (tertiary/aromatic N) is 1. The van der Waals surface area contributed by atoms with Gasteiger partial charge in [0.1, 0.15) is 28.6 Å². The van der Waals surface area contributed by atoms with Crippen LogP contribution >= 0.6 is 0 Å². The minimum Gasteiger partial charge on any atom is -0.457 e. The van der Waals surface area contributed by atoms with E-state index in [0.717, 1.165) is 101 Å². The molecular weight excluding hydrogens is 903 g/mol. The number of fused-ring (bicyclic) bond motifs is 14. The molecule has 0 saturated carbocycles. The van der Waals surface area contributed by atoms with Crippen LogP contribution in [-0.2, 0) is 21.7 Å². The highest BCUT2D eigenvalue weighted by molar-refractivity contribution is 6.11. The number of rotatable bonds is 5. The monoisotopic (exact) mass is 957 g/mol. The van der Waals surface area contributed by atoms with Crippen molar-refractivity contribution in [2.24, 2.45) is 0 Å². The van der Waals surface area contributed by atoms with E-state index in [2.05, 4.69) is 271 Å². The van der Waals surface area contributed by atoms with Gasteiger partial charge in [0.05, 0.1) is 22.2 Å². The number of anilines is 3. The molecule has 1 aliphatic carbocycles. The van der Waals surface area contributed by atoms with Crippen LogP contribution in [0.3, 0.4) is 0 Å². The van der Waals surface area contributed by atoms with Crippen molar-refractivity contribution < 1.29 is 13.9 Å². The first-order valence-corrected chi connectivity index (χ1v) is 25.9. The SMILES string of the molecule is CC(C)(C)c1ccc2c(c1)C1(c3cc(C(C)(C)C)ccc3O2)c2ccccc2-c2c(N(c3ccc4c(c3)C(c3ccccc3)(c3ccccc3)c3ccccc3O4)c3cccc4c3oc3ccccc34)cccc21. The maximum atomic E-state index is 7.06. The molecular formula is C70H55NO3. The van der Waals surface area contributed by atoms with Crippen molar-refractivity contribution in [3.63, 3.8) is 0 Å². The molecule has 10 aromatic carbocycles. The molecule has 0 N–H and O–H groups in total. The Bertz CT molecular complexity index is 3950. The highest BCUT2D eigenvalue weighted by Crippen LogP contribution is 2.65. The van der Waals surface area contributed by atoms with Crippen molar-refractivity contribution in [1.82, 2.24) is 0 Å². The summed E-state index contributed by atoms with van der Waals surface area (Å²) in [6.45, 7) is 13.8. The van der Waals surface area contributed by atoms with Crippen LogP contribution in [-0.4, -0.2) is 0 Å². The lowest BCUT2D eigenvalue weighted by atomic mass is 9.63. The second-order valence-corrected chi connectivity index (χ2v) is 22.4. The van der Waals surface area contributed by atoms with E-state index >= 15 is 0 Å². The fourth-order valence-electron chi connectivity index (χ4n) is 12.7. The number of ether oxygens (including phenoxy) is 2. The molecule has 0 fully saturated rings. The smallest absolute Gasteiger partial charge is 0.159 e. The van der Waals surface area contributed by atoms with Gasteiger partial charge in [-0.05, 0) is 117 Å². The average Bonchev–Trinajstić information content (AvgIpc) is 3.99. The maximum Gasteiger partial charge on any atom is 0.159 e. The van der Waals surface area contributed by atoms with Gasteiger partial charge in [-0.15, -0.1) is 0 Å². The van der Waals surface area contributed by atoms with Crippen molar-refractivity contribution in [2.45, 2.75) is 63.2 Å². The van der Waals surface area contributed by atoms with Crippen LogP contribution in [0.4, 0.5) is 17.1 Å². The van der Waals surface area contributed by atoms with Gasteiger partial charge in [0.15, 0.2) is 5.58 Å². The summed E-state index contributed by atoms with van der Waals surface area (Å²) in [6, 6.07) is 82.0. The summed E-state index contributed by atoms with van der Waals surface area (Å²) < 4.78 is 21.1. The summed E-state index contributed by atoms with van der Waals surface area (Å²) in [5.41, 5.74) is 17.0. The number of benzene rings is 10. The summed E-state index contributed by atoms with van der Waals surface area (Å²) in [5, 5.41) is 2.14. The Kier molecular flexibility index (Phi) is 9.51. The Hall–Kier alpha value is -8.60. The Balaban J connectivity index is 1.11. The highest BCUT2D eigenvalue weighted by atomic mass is 16.5. The summed E-state index contributed by atoms with van der Waals surface area (Å²) in [4.78, 5) is 2.46. The maximum absolute atomic E-state index is 7.06. The van der Waals surface area contributed by atoms with E-state index in [1.807, 2.05) is 0 Å². The fraction of sp³-hybridized carbons (Fsp3) is 0.143. The minimum absolute atomic E-state index is 0.111. The molecule has 14 rings (SSSR count). The summed E-state index contributed by atoms with van der Waals surface area (Å²) in [5.74, 6) is 3.40. The normalized spacial score (nSPS) is 14.5. The summed E-state index contributed by atoms with van der Waals surface area (Å²) in [6.07, 6.45) is 0. The average molecular weight is 958 g/mol. The Morgan fingerprint density at radius 3 is 1.53 bits per heavy atom. The summed E-state index contributed by atoms with van der Waals surface area (Å²) >= 11 is 0. The molecule has 358 valence electrons. The van der Waals surface area contributed by atoms with E-state index in [-0.39, 0.29) is 10.8 Å². The Morgan fingerprint density at radius 2 is 0.865 bits per heavy atom. The fourth-order valence-corrected chi connectivity index (χ4v) is 12.7. The summed E-state index contributed by atoms with van der Waals surface area (Å²) in [7, 11) is 0. The number of hydrogen-bond acceptors (Lipinski definition) is 4. The number of hydrogen-bond donors (Lipinski definition) is 0. The zero-order valence-electron chi connectivity index (χ0n) is 42.5. The van der Waals surface area contributed by atoms with Gasteiger partial charge in [-0.2, -0.15) is 0 Å². The van der Waals surface area contributed by atoms with E-state index in [0.29, 0.717) is 0 Å². The lowest BCUT2D eigenvalue weighted by molar-refractivity contribution is 0.433. The van der Waals surface area contributed by atoms with E-state index in [9.17, 15) is 0 Å². The first kappa shape index (κ1) is 44.1. The third kappa shape index (κ3) is 6.21. The van der Waals surface area contributed by atoms with Crippen molar-refractivity contribution in [3.8, 4) is 34.1 Å². The van der Waals surface area contributed by atoms with Crippen LogP contribution < -0.4 is 14.4 Å². The quantitative estimate of drug-likeness (QED) is 0.172. The van der Waals surface area contributed by atoms with Crippen LogP contribution in [0.25, 0.3) is 33.1 Å². The number of para-hydroxylation sites is 3. The molecule has 2 aliphatic heterocycles. The predicted molar refractivity (Wildman–Crippen MR) is 302 cm³/mol. The van der Waals surface area contributed by atoms with Crippen molar-refractivity contribution >= 4 is 39.0 Å². The third-order valence-corrected chi connectivity index (χ3v) is 16.2. The molecule has 0 bridgehead atoms. The standard InChI is InChI=1S/C70H55NO3/c1-67(2,3)46-35-38-62-55(41-46)70(56-42-47(68(4,5)6)36-39-63(56)73-62)52-28-15-13-26-51(52)65-54(70)30-20-31-58(65)71(59-32-19-27-50-49-25-14-17-33-60(49)74-66(50)59)48-37-40-64-57(43-48)69(44-21-9-7-10-22-44,45-23-11-8-12-24-45)53-29-16-18-34-61(53)72-64/h7-43H,1-6H3. The molecule has 4 nitrogen and oxygen atoms in total. The highest BCUT2D eigenvalue weighted by Gasteiger charge is 2.53. The van der Waals surface area contributed by atoms with Gasteiger partial charge in [-0.3, -0.25) is 0 Å². The molecule has 0 unspecified atom stereocenters. The first-order chi connectivity index (χ1) is 36.0. The molecule has 1 aromatic heterocycles. The number of furan rings is 1. The predicted octanol–water partition coefficient (Wildman–Crippen LogP) is 18.6. The molecule has 3 aliphatic rings. The second-order valence-electron chi connectivity index (χ2n) is 22.4. The van der Waals surface area contributed by atoms with Crippen LogP contribution in [0, 0.1) is 0 Å². The second kappa shape index (κ2) is 15.9. The van der Waals surface area contributed by atoms with Gasteiger partial charge in [0.2, 0.25) is 0 Å². The van der Waals surface area contributed by atoms with Crippen LogP contribution in [0.1, 0.15) is 97.2 Å². The van der Waals surface area contributed by atoms with E-state index in [1.54, 1.807) is 0 Å². The zero-order valence-corrected chi connectivity index (χ0v) is 42.5. The third-order valence-electron chi connectivity index (χ3n) is 16.2. The lowest BCUT2D eigenvalue weighted by Gasteiger charge is -2.42. The molecule has 74 heavy (non-hydrogen) atoms. The van der Waals surface area contributed by atoms with E-state index < -0.39 is 10.8 Å². The molecule has 0 radical (unpaired) electrons. The van der Waals surface area contributed by atoms with Crippen LogP contribution in [0.15, 0.2) is 229 Å². The molecule has 4 heteroatoms. The van der Waals surface area contributed by atoms with Crippen molar-refractivity contribution in [2.75, 3.05) is 4.90 Å². The van der Waals surface area contributed by atoms with Gasteiger partial charge in [0.25, 0.3) is 0 Å². The van der Waals surface area contributed by atoms with Crippen molar-refractivity contribution in [3.05, 3.63) is 280 Å². The van der Waals surface area contributed by atoms with E-state index in [1.165, 1.54) is 27.8 Å². The topological polar surface area (TPSA) is 34.8 Å². The Morgan fingerprint density at radius 1 is 0.365 bits per heavy atom. The lowest BCUT2D eigenvalue weighted by Crippen LogP contribution is -2.34. The van der Waals surface area contributed by atoms with E-state index in [4.69, 9.17) is 13.9 Å². The largest absolute Gasteiger partial charge is 0.457 e. The first-order valence-electron chi connectivity index (χ1n) is 25.9. The van der Waals surface area contributed by atoms with Gasteiger partial charge in [0, 0.05) is 44.3 Å². The van der Waals surface area contributed by atoms with Gasteiger partial charge in [-0.1, -0.05) is 199 Å². The minimum atomic E-state index is -0.736.